The van der Waals surface area contributed by atoms with Gasteiger partial charge in [0.2, 0.25) is 0 Å². The molecule has 0 atom stereocenters. The Kier molecular flexibility index (Phi) is 26.3. The molecular weight excluding hydrogens is 274 g/mol. The Bertz CT molecular complexity index is 158. The summed E-state index contributed by atoms with van der Waals surface area (Å²) in [5, 5.41) is 2.69. The second-order valence-corrected chi connectivity index (χ2v) is 6.32. The van der Waals surface area contributed by atoms with Crippen LogP contribution >= 0.6 is 0 Å². The molecule has 130 valence electrons. The third-order valence-electron chi connectivity index (χ3n) is 4.02. The monoisotopic (exact) mass is 314 g/mol. The number of rotatable bonds is 6. The van der Waals surface area contributed by atoms with Crippen molar-refractivity contribution >= 4 is 35.4 Å². The van der Waals surface area contributed by atoms with Gasteiger partial charge in [0.25, 0.3) is 0 Å². The molecule has 0 aromatic rings. The second kappa shape index (κ2) is 23.0. The zero-order valence-corrected chi connectivity index (χ0v) is 16.7. The fourth-order valence-corrected chi connectivity index (χ4v) is 2.34. The van der Waals surface area contributed by atoms with Gasteiger partial charge < -0.3 is 11.5 Å². The summed E-state index contributed by atoms with van der Waals surface area (Å²) in [6, 6.07) is 0. The molecule has 3 saturated heterocycles. The molecule has 0 unspecified atom stereocenters. The van der Waals surface area contributed by atoms with Crippen molar-refractivity contribution in [2.45, 2.75) is 56.1 Å². The molecule has 23 heavy (non-hydrogen) atoms. The quantitative estimate of drug-likeness (QED) is 0.732. The topological polar surface area (TPSA) is 58.5 Å². The Morgan fingerprint density at radius 1 is 0.652 bits per heavy atom. The molecule has 0 aliphatic carbocycles. The van der Waals surface area contributed by atoms with E-state index in [-0.39, 0.29) is 0 Å². The molecule has 0 aromatic carbocycles. The van der Waals surface area contributed by atoms with Crippen LogP contribution in [-0.4, -0.2) is 97.6 Å². The van der Waals surface area contributed by atoms with Crippen LogP contribution in [0.25, 0.3) is 0 Å². The van der Waals surface area contributed by atoms with Crippen LogP contribution in [0.2, 0.25) is 10.2 Å². The van der Waals surface area contributed by atoms with Crippen molar-refractivity contribution in [1.29, 1.82) is 0 Å². The van der Waals surface area contributed by atoms with Gasteiger partial charge in [-0.1, -0.05) is 0 Å². The summed E-state index contributed by atoms with van der Waals surface area (Å²) in [6.45, 7) is 13.8. The number of fused-ring (bicyclic) bond motifs is 3. The van der Waals surface area contributed by atoms with Crippen LogP contribution in [0, 0.1) is 0 Å². The molecule has 0 amide bonds. The van der Waals surface area contributed by atoms with Crippen LogP contribution < -0.4 is 11.5 Å². The van der Waals surface area contributed by atoms with Crippen molar-refractivity contribution in [3.63, 3.8) is 0 Å². The minimum atomic E-state index is 0.719. The first-order valence-electron chi connectivity index (χ1n) is 10.0. The predicted octanol–water partition coefficient (Wildman–Crippen LogP) is 1.66. The third kappa shape index (κ3) is 21.0. The Balaban J connectivity index is 0. The molecule has 3 heterocycles. The number of hydrogen-bond acceptors (Lipinski definition) is 4. The maximum atomic E-state index is 5.06. The van der Waals surface area contributed by atoms with E-state index in [2.05, 4.69) is 59.1 Å². The number of hydrogen-bond donors (Lipinski definition) is 2. The van der Waals surface area contributed by atoms with Crippen molar-refractivity contribution in [2.24, 2.45) is 11.5 Å². The van der Waals surface area contributed by atoms with Crippen LogP contribution in [-0.2, 0) is 0 Å². The van der Waals surface area contributed by atoms with E-state index < -0.39 is 0 Å². The van der Waals surface area contributed by atoms with Crippen molar-refractivity contribution in [3.8, 4) is 0 Å². The van der Waals surface area contributed by atoms with Crippen molar-refractivity contribution in [3.05, 3.63) is 0 Å². The Labute approximate surface area is 164 Å². The molecule has 0 radical (unpaired) electrons. The molecule has 6 heteroatoms. The van der Waals surface area contributed by atoms with E-state index >= 15 is 0 Å². The molecule has 3 aliphatic rings. The number of nitrogens with zero attached hydrogens (tertiary/aromatic N) is 2. The standard InChI is InChI=1S/C6H12N2.2C4H9.C3H10N2.2Li/c1-2-8-5-3-7(1)4-6-8;2*1-3-4-2;4-2-1-3-5;;/h1-6H2;2*1,3-4H2,2H3;1-5H2;;. The predicted molar refractivity (Wildman–Crippen MR) is 107 cm³/mol. The van der Waals surface area contributed by atoms with Crippen molar-refractivity contribution in [2.75, 3.05) is 52.4 Å². The van der Waals surface area contributed by atoms with Gasteiger partial charge in [-0.15, -0.1) is 0 Å². The van der Waals surface area contributed by atoms with E-state index in [0.29, 0.717) is 0 Å². The average Bonchev–Trinajstić information content (AvgIpc) is 2.60. The van der Waals surface area contributed by atoms with Gasteiger partial charge in [-0.25, -0.2) is 0 Å². The van der Waals surface area contributed by atoms with Crippen LogP contribution in [0.4, 0.5) is 0 Å². The number of nitrogens with two attached hydrogens (primary N) is 2. The van der Waals surface area contributed by atoms with Crippen LogP contribution in [0.3, 0.4) is 0 Å². The summed E-state index contributed by atoms with van der Waals surface area (Å²) >= 11 is 4.42. The second-order valence-electron chi connectivity index (χ2n) is 6.32. The van der Waals surface area contributed by atoms with Crippen molar-refractivity contribution in [1.82, 2.24) is 9.80 Å². The van der Waals surface area contributed by atoms with E-state index in [0.717, 1.165) is 19.5 Å². The molecule has 0 saturated carbocycles. The van der Waals surface area contributed by atoms with Gasteiger partial charge in [-0.05, 0) is 19.5 Å². The third-order valence-corrected chi connectivity index (χ3v) is 4.02. The first-order valence-corrected chi connectivity index (χ1v) is 10.0. The van der Waals surface area contributed by atoms with E-state index in [4.69, 9.17) is 11.5 Å². The molecule has 3 fully saturated rings. The van der Waals surface area contributed by atoms with Gasteiger partial charge in [0.1, 0.15) is 0 Å². The van der Waals surface area contributed by atoms with Gasteiger partial charge in [-0.3, -0.25) is 9.80 Å². The first kappa shape index (κ1) is 26.3. The normalized spacial score (nSPS) is 21.2. The van der Waals surface area contributed by atoms with E-state index in [1.165, 1.54) is 75.1 Å². The molecule has 0 aromatic heterocycles. The Morgan fingerprint density at radius 2 is 0.957 bits per heavy atom. The van der Waals surface area contributed by atoms with Crippen LogP contribution in [0.15, 0.2) is 0 Å². The molecular formula is C17H40Li2N4. The van der Waals surface area contributed by atoms with Gasteiger partial charge >= 0.3 is 85.1 Å². The summed E-state index contributed by atoms with van der Waals surface area (Å²) in [6.07, 6.45) is 6.41. The Morgan fingerprint density at radius 3 is 1.00 bits per heavy atom. The molecule has 0 spiro atoms. The zero-order valence-electron chi connectivity index (χ0n) is 16.7. The fourth-order valence-electron chi connectivity index (χ4n) is 2.34. The SMILES string of the molecule is C1CN2CCN1CC2.NCCCN.[Li][CH2]CCC.[Li][CH2]CCC. The summed E-state index contributed by atoms with van der Waals surface area (Å²) < 4.78 is 0. The van der Waals surface area contributed by atoms with E-state index in [9.17, 15) is 0 Å². The van der Waals surface area contributed by atoms with Gasteiger partial charge in [0, 0.05) is 39.3 Å². The first-order chi connectivity index (χ1) is 11.2. The van der Waals surface area contributed by atoms with E-state index in [1.807, 2.05) is 0 Å². The van der Waals surface area contributed by atoms with Gasteiger partial charge in [0.15, 0.2) is 0 Å². The van der Waals surface area contributed by atoms with Gasteiger partial charge in [0.05, 0.1) is 0 Å². The van der Waals surface area contributed by atoms with Crippen LogP contribution in [0.5, 0.6) is 0 Å². The molecule has 4 N–H and O–H groups in total. The Hall–Kier alpha value is 1.03. The molecule has 2 bridgehead atoms. The summed E-state index contributed by atoms with van der Waals surface area (Å²) in [4.78, 5) is 5.08. The fraction of sp³-hybridized carbons (Fsp3) is 1.00. The molecule has 3 aliphatic heterocycles. The molecule has 3 rings (SSSR count). The minimum absolute atomic E-state index is 0.719. The zero-order chi connectivity index (χ0) is 17.8. The van der Waals surface area contributed by atoms with Crippen LogP contribution in [0.1, 0.15) is 46.0 Å². The number of unbranched alkanes of at least 4 members (excludes halogenated alkanes) is 2. The summed E-state index contributed by atoms with van der Waals surface area (Å²) in [5.41, 5.74) is 10.1. The average molecular weight is 314 g/mol. The van der Waals surface area contributed by atoms with Crippen molar-refractivity contribution < 1.29 is 0 Å². The van der Waals surface area contributed by atoms with Gasteiger partial charge in [-0.2, -0.15) is 0 Å². The number of piperazine rings is 3. The molecule has 4 nitrogen and oxygen atoms in total. The van der Waals surface area contributed by atoms with E-state index in [1.54, 1.807) is 0 Å². The summed E-state index contributed by atoms with van der Waals surface area (Å²) in [7, 11) is 0. The maximum absolute atomic E-state index is 5.06. The summed E-state index contributed by atoms with van der Waals surface area (Å²) in [5.74, 6) is 0.